The Labute approximate surface area is 166 Å². The van der Waals surface area contributed by atoms with Crippen LogP contribution in [-0.4, -0.2) is 48.5 Å². The summed E-state index contributed by atoms with van der Waals surface area (Å²) in [6.45, 7) is 9.72. The van der Waals surface area contributed by atoms with Gasteiger partial charge in [-0.3, -0.25) is 4.90 Å². The van der Waals surface area contributed by atoms with Gasteiger partial charge < -0.3 is 14.6 Å². The molecule has 2 heterocycles. The van der Waals surface area contributed by atoms with Crippen molar-refractivity contribution in [1.82, 2.24) is 4.90 Å². The van der Waals surface area contributed by atoms with Gasteiger partial charge in [0, 0.05) is 31.1 Å². The van der Waals surface area contributed by atoms with Gasteiger partial charge in [-0.1, -0.05) is 6.07 Å². The fourth-order valence-corrected chi connectivity index (χ4v) is 4.56. The fourth-order valence-electron chi connectivity index (χ4n) is 3.61. The first-order valence-corrected chi connectivity index (χ1v) is 10.6. The highest BCUT2D eigenvalue weighted by molar-refractivity contribution is 7.10. The molecule has 2 aromatic rings. The van der Waals surface area contributed by atoms with Crippen LogP contribution in [0.4, 0.5) is 0 Å². The van der Waals surface area contributed by atoms with Gasteiger partial charge in [0.2, 0.25) is 0 Å². The number of rotatable bonds is 9. The lowest BCUT2D eigenvalue weighted by Gasteiger charge is -2.27. The van der Waals surface area contributed by atoms with Crippen molar-refractivity contribution >= 4 is 11.3 Å². The monoisotopic (exact) mass is 389 g/mol. The Hall–Kier alpha value is -1.40. The summed E-state index contributed by atoms with van der Waals surface area (Å²) in [5, 5.41) is 12.7. The summed E-state index contributed by atoms with van der Waals surface area (Å²) in [6, 6.07) is 8.30. The van der Waals surface area contributed by atoms with Crippen LogP contribution in [-0.2, 0) is 11.3 Å². The van der Waals surface area contributed by atoms with E-state index in [1.165, 1.54) is 21.6 Å². The van der Waals surface area contributed by atoms with E-state index in [9.17, 15) is 5.11 Å². The van der Waals surface area contributed by atoms with E-state index in [0.717, 1.165) is 38.3 Å². The number of benzene rings is 1. The molecule has 0 radical (unpaired) electrons. The van der Waals surface area contributed by atoms with E-state index in [0.29, 0.717) is 13.2 Å². The van der Waals surface area contributed by atoms with Crippen molar-refractivity contribution in [3.8, 4) is 5.75 Å². The number of nitrogens with zero attached hydrogens (tertiary/aromatic N) is 1. The standard InChI is InChI=1S/C22H31NO3S/c1-16-9-17(2)11-21(10-16)26-15-19(24)12-23(13-20-5-4-7-25-20)14-22-18(3)6-8-27-22/h6,8-11,19-20,24H,4-5,7,12-15H2,1-3H3. The van der Waals surface area contributed by atoms with Gasteiger partial charge >= 0.3 is 0 Å². The lowest BCUT2D eigenvalue weighted by atomic mass is 10.1. The molecule has 4 nitrogen and oxygen atoms in total. The van der Waals surface area contributed by atoms with Crippen molar-refractivity contribution in [2.24, 2.45) is 0 Å². The van der Waals surface area contributed by atoms with Crippen molar-refractivity contribution < 1.29 is 14.6 Å². The molecule has 5 heteroatoms. The van der Waals surface area contributed by atoms with Crippen LogP contribution in [0.2, 0.25) is 0 Å². The topological polar surface area (TPSA) is 41.9 Å². The van der Waals surface area contributed by atoms with Crippen molar-refractivity contribution in [3.05, 3.63) is 51.2 Å². The van der Waals surface area contributed by atoms with E-state index in [1.54, 1.807) is 11.3 Å². The smallest absolute Gasteiger partial charge is 0.119 e. The van der Waals surface area contributed by atoms with Crippen LogP contribution in [0.15, 0.2) is 29.6 Å². The molecule has 2 unspecified atom stereocenters. The lowest BCUT2D eigenvalue weighted by Crippen LogP contribution is -2.39. The Bertz CT molecular complexity index is 704. The number of aryl methyl sites for hydroxylation is 3. The number of aliphatic hydroxyl groups is 1. The first kappa shape index (κ1) is 20.3. The van der Waals surface area contributed by atoms with Crippen molar-refractivity contribution in [2.45, 2.75) is 52.4 Å². The summed E-state index contributed by atoms with van der Waals surface area (Å²) in [5.41, 5.74) is 3.67. The molecule has 1 fully saturated rings. The molecule has 0 bridgehead atoms. The number of thiophene rings is 1. The van der Waals surface area contributed by atoms with Crippen LogP contribution >= 0.6 is 11.3 Å². The zero-order valence-electron chi connectivity index (χ0n) is 16.6. The molecule has 27 heavy (non-hydrogen) atoms. The Balaban J connectivity index is 1.57. The average molecular weight is 390 g/mol. The van der Waals surface area contributed by atoms with E-state index in [1.807, 2.05) is 12.1 Å². The van der Waals surface area contributed by atoms with E-state index < -0.39 is 6.10 Å². The van der Waals surface area contributed by atoms with Crippen molar-refractivity contribution in [2.75, 3.05) is 26.3 Å². The molecule has 0 aliphatic carbocycles. The van der Waals surface area contributed by atoms with Crippen LogP contribution in [0.5, 0.6) is 5.75 Å². The number of ether oxygens (including phenoxy) is 2. The molecular formula is C22H31NO3S. The number of aliphatic hydroxyl groups excluding tert-OH is 1. The fraction of sp³-hybridized carbons (Fsp3) is 0.545. The first-order valence-electron chi connectivity index (χ1n) is 9.75. The van der Waals surface area contributed by atoms with E-state index in [4.69, 9.17) is 9.47 Å². The molecule has 148 valence electrons. The minimum Gasteiger partial charge on any atom is -0.491 e. The molecule has 3 rings (SSSR count). The molecule has 1 aliphatic heterocycles. The normalized spacial score (nSPS) is 18.2. The zero-order chi connectivity index (χ0) is 19.2. The molecule has 2 atom stereocenters. The second-order valence-corrected chi connectivity index (χ2v) is 8.64. The third-order valence-electron chi connectivity index (χ3n) is 4.93. The van der Waals surface area contributed by atoms with Crippen LogP contribution in [0, 0.1) is 20.8 Å². The highest BCUT2D eigenvalue weighted by Crippen LogP contribution is 2.21. The minimum absolute atomic E-state index is 0.276. The van der Waals surface area contributed by atoms with Gasteiger partial charge in [-0.25, -0.2) is 0 Å². The maximum Gasteiger partial charge on any atom is 0.119 e. The summed E-state index contributed by atoms with van der Waals surface area (Å²) in [5.74, 6) is 0.825. The van der Waals surface area contributed by atoms with Crippen molar-refractivity contribution in [3.63, 3.8) is 0 Å². The van der Waals surface area contributed by atoms with Gasteiger partial charge in [0.25, 0.3) is 0 Å². The highest BCUT2D eigenvalue weighted by atomic mass is 32.1. The number of hydrogen-bond donors (Lipinski definition) is 1. The van der Waals surface area contributed by atoms with E-state index in [2.05, 4.69) is 43.2 Å². The molecular weight excluding hydrogens is 358 g/mol. The van der Waals surface area contributed by atoms with Crippen LogP contribution in [0.3, 0.4) is 0 Å². The van der Waals surface area contributed by atoms with Gasteiger partial charge in [-0.2, -0.15) is 0 Å². The molecule has 1 aromatic heterocycles. The third-order valence-corrected chi connectivity index (χ3v) is 5.94. The third kappa shape index (κ3) is 6.32. The molecule has 1 N–H and O–H groups in total. The number of hydrogen-bond acceptors (Lipinski definition) is 5. The van der Waals surface area contributed by atoms with Crippen LogP contribution in [0.25, 0.3) is 0 Å². The van der Waals surface area contributed by atoms with Gasteiger partial charge in [0.1, 0.15) is 18.5 Å². The van der Waals surface area contributed by atoms with Crippen LogP contribution < -0.4 is 4.74 Å². The van der Waals surface area contributed by atoms with Crippen LogP contribution in [0.1, 0.15) is 34.4 Å². The largest absolute Gasteiger partial charge is 0.491 e. The predicted molar refractivity (Wildman–Crippen MR) is 111 cm³/mol. The Kier molecular flexibility index (Phi) is 7.30. The Morgan fingerprint density at radius 3 is 2.67 bits per heavy atom. The second kappa shape index (κ2) is 9.69. The maximum atomic E-state index is 10.6. The Morgan fingerprint density at radius 1 is 1.26 bits per heavy atom. The van der Waals surface area contributed by atoms with E-state index in [-0.39, 0.29) is 6.10 Å². The lowest BCUT2D eigenvalue weighted by molar-refractivity contribution is 0.0316. The molecule has 0 saturated carbocycles. The molecule has 0 spiro atoms. The first-order chi connectivity index (χ1) is 13.0. The zero-order valence-corrected chi connectivity index (χ0v) is 17.4. The van der Waals surface area contributed by atoms with Gasteiger partial charge in [0.15, 0.2) is 0 Å². The minimum atomic E-state index is -0.535. The molecule has 1 saturated heterocycles. The van der Waals surface area contributed by atoms with Crippen molar-refractivity contribution in [1.29, 1.82) is 0 Å². The second-order valence-electron chi connectivity index (χ2n) is 7.64. The summed E-state index contributed by atoms with van der Waals surface area (Å²) >= 11 is 1.78. The quantitative estimate of drug-likeness (QED) is 0.701. The summed E-state index contributed by atoms with van der Waals surface area (Å²) in [4.78, 5) is 3.67. The highest BCUT2D eigenvalue weighted by Gasteiger charge is 2.22. The SMILES string of the molecule is Cc1cc(C)cc(OCC(O)CN(Cc2sccc2C)CC2CCCO2)c1. The Morgan fingerprint density at radius 2 is 2.04 bits per heavy atom. The maximum absolute atomic E-state index is 10.6. The van der Waals surface area contributed by atoms with E-state index >= 15 is 0 Å². The summed E-state index contributed by atoms with van der Waals surface area (Å²) in [7, 11) is 0. The summed E-state index contributed by atoms with van der Waals surface area (Å²) in [6.07, 6.45) is 1.98. The predicted octanol–water partition coefficient (Wildman–Crippen LogP) is 4.09. The van der Waals surface area contributed by atoms with Gasteiger partial charge in [-0.15, -0.1) is 11.3 Å². The molecule has 1 aliphatic rings. The summed E-state index contributed by atoms with van der Waals surface area (Å²) < 4.78 is 11.7. The molecule has 1 aromatic carbocycles. The molecule has 0 amide bonds. The average Bonchev–Trinajstić information content (AvgIpc) is 3.24. The van der Waals surface area contributed by atoms with Gasteiger partial charge in [-0.05, 0) is 73.9 Å². The van der Waals surface area contributed by atoms with Gasteiger partial charge in [0.05, 0.1) is 6.10 Å².